The van der Waals surface area contributed by atoms with Crippen molar-refractivity contribution in [2.24, 2.45) is 0 Å². The van der Waals surface area contributed by atoms with E-state index in [1.54, 1.807) is 42.1 Å². The van der Waals surface area contributed by atoms with E-state index >= 15 is 0 Å². The Bertz CT molecular complexity index is 1390. The van der Waals surface area contributed by atoms with Gasteiger partial charge in [-0.25, -0.2) is 9.48 Å². The summed E-state index contributed by atoms with van der Waals surface area (Å²) in [5.41, 5.74) is 4.49. The molecule has 0 atom stereocenters. The van der Waals surface area contributed by atoms with Crippen LogP contribution in [0.1, 0.15) is 15.9 Å². The minimum atomic E-state index is -0.400. The van der Waals surface area contributed by atoms with Crippen molar-refractivity contribution in [3.63, 3.8) is 0 Å². The highest BCUT2D eigenvalue weighted by Crippen LogP contribution is 2.27. The number of allylic oxidation sites excluding steroid dienone is 1. The highest BCUT2D eigenvalue weighted by atomic mass is 16.6. The molecule has 3 aromatic carbocycles. The van der Waals surface area contributed by atoms with Crippen LogP contribution in [-0.2, 0) is 4.74 Å². The molecule has 5 rings (SSSR count). The number of hydrogen-bond donors (Lipinski definition) is 0. The van der Waals surface area contributed by atoms with Crippen molar-refractivity contribution in [2.75, 3.05) is 25.2 Å². The monoisotopic (exact) mass is 465 g/mol. The predicted molar refractivity (Wildman–Crippen MR) is 134 cm³/mol. The van der Waals surface area contributed by atoms with Gasteiger partial charge in [0.05, 0.1) is 25.0 Å². The van der Waals surface area contributed by atoms with Gasteiger partial charge >= 0.3 is 6.09 Å². The number of cyclic esters (lactones) is 1. The number of nitrogens with zero attached hydrogens (tertiary/aromatic N) is 3. The van der Waals surface area contributed by atoms with Crippen molar-refractivity contribution >= 4 is 23.6 Å². The summed E-state index contributed by atoms with van der Waals surface area (Å²) in [6.45, 7) is 0.812. The molecule has 2 heterocycles. The van der Waals surface area contributed by atoms with E-state index in [2.05, 4.69) is 0 Å². The Hall–Kier alpha value is -4.65. The number of ketones is 1. The minimum absolute atomic E-state index is 0.174. The van der Waals surface area contributed by atoms with Crippen LogP contribution in [-0.4, -0.2) is 41.9 Å². The topological polar surface area (TPSA) is 73.7 Å². The van der Waals surface area contributed by atoms with Crippen LogP contribution < -0.4 is 9.64 Å². The molecule has 0 aliphatic carbocycles. The van der Waals surface area contributed by atoms with Gasteiger partial charge in [0.2, 0.25) is 0 Å². The van der Waals surface area contributed by atoms with Crippen LogP contribution in [0.4, 0.5) is 10.5 Å². The van der Waals surface area contributed by atoms with Crippen LogP contribution in [0, 0.1) is 0 Å². The fourth-order valence-electron chi connectivity index (χ4n) is 3.91. The third-order valence-corrected chi connectivity index (χ3v) is 5.74. The number of carbonyl (C=O) groups excluding carboxylic acids is 2. The molecule has 0 spiro atoms. The number of para-hydroxylation sites is 1. The fourth-order valence-corrected chi connectivity index (χ4v) is 3.91. The van der Waals surface area contributed by atoms with Gasteiger partial charge in [0.1, 0.15) is 12.4 Å². The van der Waals surface area contributed by atoms with E-state index in [-0.39, 0.29) is 5.78 Å². The van der Waals surface area contributed by atoms with E-state index in [4.69, 9.17) is 14.6 Å². The van der Waals surface area contributed by atoms with E-state index in [1.165, 1.54) is 11.0 Å². The van der Waals surface area contributed by atoms with E-state index in [1.807, 2.05) is 60.8 Å². The third-order valence-electron chi connectivity index (χ3n) is 5.74. The van der Waals surface area contributed by atoms with E-state index in [0.717, 1.165) is 28.3 Å². The van der Waals surface area contributed by atoms with Gasteiger partial charge in [-0.15, -0.1) is 0 Å². The zero-order valence-corrected chi connectivity index (χ0v) is 19.1. The Labute approximate surface area is 202 Å². The SMILES string of the molecule is COc1ccc(-c2nn(-c3ccccc3)cc2/C=C\C(=O)c2cccc(N3CCOC3=O)c2)cc1. The maximum atomic E-state index is 13.0. The highest BCUT2D eigenvalue weighted by molar-refractivity contribution is 6.08. The third kappa shape index (κ3) is 4.70. The summed E-state index contributed by atoms with van der Waals surface area (Å²) in [6, 6.07) is 24.4. The predicted octanol–water partition coefficient (Wildman–Crippen LogP) is 5.40. The molecule has 1 aliphatic heterocycles. The van der Waals surface area contributed by atoms with Gasteiger partial charge in [0, 0.05) is 28.6 Å². The lowest BCUT2D eigenvalue weighted by Crippen LogP contribution is -2.23. The first-order valence-electron chi connectivity index (χ1n) is 11.2. The summed E-state index contributed by atoms with van der Waals surface area (Å²) in [6.07, 6.45) is 4.80. The maximum absolute atomic E-state index is 13.0. The smallest absolute Gasteiger partial charge is 0.414 e. The molecule has 174 valence electrons. The van der Waals surface area contributed by atoms with E-state index in [9.17, 15) is 9.59 Å². The summed E-state index contributed by atoms with van der Waals surface area (Å²) in [5.74, 6) is 0.581. The average molecular weight is 466 g/mol. The van der Waals surface area contributed by atoms with Gasteiger partial charge in [0.25, 0.3) is 0 Å². The number of ether oxygens (including phenoxy) is 2. The number of benzene rings is 3. The molecule has 0 unspecified atom stereocenters. The van der Waals surface area contributed by atoms with Gasteiger partial charge in [0.15, 0.2) is 5.78 Å². The molecule has 7 heteroatoms. The zero-order valence-electron chi connectivity index (χ0n) is 19.1. The van der Waals surface area contributed by atoms with Gasteiger partial charge in [-0.2, -0.15) is 5.10 Å². The molecule has 0 bridgehead atoms. The van der Waals surface area contributed by atoms with E-state index < -0.39 is 6.09 Å². The number of amides is 1. The van der Waals surface area contributed by atoms with Gasteiger partial charge in [-0.05, 0) is 60.7 Å². The fraction of sp³-hybridized carbons (Fsp3) is 0.107. The first-order valence-corrected chi connectivity index (χ1v) is 11.2. The molecule has 1 saturated heterocycles. The summed E-state index contributed by atoms with van der Waals surface area (Å²) >= 11 is 0. The van der Waals surface area contributed by atoms with Crippen molar-refractivity contribution in [2.45, 2.75) is 0 Å². The number of aromatic nitrogens is 2. The first kappa shape index (κ1) is 22.2. The molecule has 0 saturated carbocycles. The van der Waals surface area contributed by atoms with Crippen molar-refractivity contribution in [1.29, 1.82) is 0 Å². The van der Waals surface area contributed by atoms with Crippen LogP contribution in [0.3, 0.4) is 0 Å². The number of anilines is 1. The molecule has 1 fully saturated rings. The van der Waals surface area contributed by atoms with Crippen LogP contribution >= 0.6 is 0 Å². The molecule has 4 aromatic rings. The number of hydrogen-bond acceptors (Lipinski definition) is 5. The van der Waals surface area contributed by atoms with Crippen molar-refractivity contribution < 1.29 is 19.1 Å². The maximum Gasteiger partial charge on any atom is 0.414 e. The second kappa shape index (κ2) is 9.69. The molecule has 1 amide bonds. The molecule has 0 radical (unpaired) electrons. The van der Waals surface area contributed by atoms with Crippen molar-refractivity contribution in [1.82, 2.24) is 9.78 Å². The van der Waals surface area contributed by atoms with Crippen molar-refractivity contribution in [3.05, 3.63) is 102 Å². The second-order valence-electron chi connectivity index (χ2n) is 7.96. The van der Waals surface area contributed by atoms with Gasteiger partial charge in [-0.3, -0.25) is 9.69 Å². The van der Waals surface area contributed by atoms with Crippen molar-refractivity contribution in [3.8, 4) is 22.7 Å². The summed E-state index contributed by atoms with van der Waals surface area (Å²) in [7, 11) is 1.63. The molecule has 1 aromatic heterocycles. The van der Waals surface area contributed by atoms with Crippen LogP contribution in [0.5, 0.6) is 5.75 Å². The largest absolute Gasteiger partial charge is 0.497 e. The molecule has 7 nitrogen and oxygen atoms in total. The molecule has 1 aliphatic rings. The molecule has 0 N–H and O–H groups in total. The Morgan fingerprint density at radius 2 is 1.77 bits per heavy atom. The lowest BCUT2D eigenvalue weighted by molar-refractivity contribution is 0.104. The molecular weight excluding hydrogens is 442 g/mol. The molecular formula is C28H23N3O4. The Morgan fingerprint density at radius 3 is 2.49 bits per heavy atom. The average Bonchev–Trinajstić information content (AvgIpc) is 3.54. The van der Waals surface area contributed by atoms with Crippen LogP contribution in [0.25, 0.3) is 23.0 Å². The number of carbonyl (C=O) groups is 2. The van der Waals surface area contributed by atoms with Crippen LogP contribution in [0.15, 0.2) is 91.1 Å². The van der Waals surface area contributed by atoms with E-state index in [0.29, 0.717) is 24.4 Å². The summed E-state index contributed by atoms with van der Waals surface area (Å²) in [4.78, 5) is 26.4. The quantitative estimate of drug-likeness (QED) is 0.270. The van der Waals surface area contributed by atoms with Gasteiger partial charge < -0.3 is 9.47 Å². The Balaban J connectivity index is 1.46. The lowest BCUT2D eigenvalue weighted by Gasteiger charge is -2.13. The standard InChI is InChI=1S/C28H23N3O4/c1-34-25-13-10-20(11-14-25)27-22(19-31(29-27)23-7-3-2-4-8-23)12-15-26(32)21-6-5-9-24(18-21)30-16-17-35-28(30)33/h2-15,18-19H,16-17H2,1H3/b15-12-. The summed E-state index contributed by atoms with van der Waals surface area (Å²) in [5, 5.41) is 4.79. The Morgan fingerprint density at radius 1 is 1.00 bits per heavy atom. The Kier molecular flexibility index (Phi) is 6.13. The normalized spacial score (nSPS) is 13.3. The minimum Gasteiger partial charge on any atom is -0.497 e. The first-order chi connectivity index (χ1) is 17.1. The number of methoxy groups -OCH3 is 1. The lowest BCUT2D eigenvalue weighted by atomic mass is 10.1. The summed E-state index contributed by atoms with van der Waals surface area (Å²) < 4.78 is 12.1. The van der Waals surface area contributed by atoms with Gasteiger partial charge in [-0.1, -0.05) is 30.3 Å². The molecule has 35 heavy (non-hydrogen) atoms. The highest BCUT2D eigenvalue weighted by Gasteiger charge is 2.24. The van der Waals surface area contributed by atoms with Crippen LogP contribution in [0.2, 0.25) is 0 Å². The second-order valence-corrected chi connectivity index (χ2v) is 7.96. The zero-order chi connectivity index (χ0) is 24.2. The number of rotatable bonds is 7.